The van der Waals surface area contributed by atoms with E-state index < -0.39 is 12.1 Å². The highest BCUT2D eigenvalue weighted by Crippen LogP contribution is 2.27. The number of rotatable bonds is 11. The van der Waals surface area contributed by atoms with Gasteiger partial charge in [-0.2, -0.15) is 0 Å². The van der Waals surface area contributed by atoms with E-state index in [0.29, 0.717) is 18.6 Å². The van der Waals surface area contributed by atoms with Gasteiger partial charge in [-0.25, -0.2) is 4.79 Å². The van der Waals surface area contributed by atoms with Gasteiger partial charge in [-0.05, 0) is 60.8 Å². The molecule has 1 aromatic carbocycles. The van der Waals surface area contributed by atoms with Gasteiger partial charge < -0.3 is 24.5 Å². The summed E-state index contributed by atoms with van der Waals surface area (Å²) in [4.78, 5) is 22.2. The summed E-state index contributed by atoms with van der Waals surface area (Å²) in [5, 5.41) is 12.5. The van der Waals surface area contributed by atoms with E-state index in [1.807, 2.05) is 0 Å². The minimum atomic E-state index is -1.16. The molecule has 2 N–H and O–H groups in total. The number of nitrogens with one attached hydrogen (secondary N) is 1. The highest BCUT2D eigenvalue weighted by Gasteiger charge is 2.21. The third kappa shape index (κ3) is 5.83. The van der Waals surface area contributed by atoms with E-state index in [-0.39, 0.29) is 5.92 Å². The van der Waals surface area contributed by atoms with Crippen LogP contribution in [0, 0.1) is 11.8 Å². The van der Waals surface area contributed by atoms with Gasteiger partial charge in [0, 0.05) is 37.9 Å². The van der Waals surface area contributed by atoms with E-state index in [4.69, 9.17) is 9.84 Å². The molecule has 2 rings (SSSR count). The van der Waals surface area contributed by atoms with Crippen LogP contribution in [0.25, 0.3) is 10.9 Å². The van der Waals surface area contributed by atoms with Gasteiger partial charge in [0.2, 0.25) is 0 Å². The average molecular weight is 389 g/mol. The molecule has 0 aliphatic heterocycles. The van der Waals surface area contributed by atoms with Gasteiger partial charge in [0.25, 0.3) is 0 Å². The van der Waals surface area contributed by atoms with Gasteiger partial charge in [0.05, 0.1) is 6.04 Å². The number of aryl methyl sites for hydroxylation is 2. The summed E-state index contributed by atoms with van der Waals surface area (Å²) in [5.74, 6) is 0.547. The monoisotopic (exact) mass is 388 g/mol. The number of nitrogens with zero attached hydrogens (tertiary/aromatic N) is 1. The number of methoxy groups -OCH3 is 1. The summed E-state index contributed by atoms with van der Waals surface area (Å²) in [6.07, 6.45) is 4.98. The zero-order chi connectivity index (χ0) is 20.7. The molecule has 1 amide bonds. The van der Waals surface area contributed by atoms with Crippen molar-refractivity contribution >= 4 is 23.3 Å². The van der Waals surface area contributed by atoms with Crippen molar-refractivity contribution in [2.75, 3.05) is 13.7 Å². The molecule has 1 aromatic heterocycles. The number of benzene rings is 1. The molecule has 2 atom stereocenters. The van der Waals surface area contributed by atoms with Gasteiger partial charge >= 0.3 is 6.09 Å². The van der Waals surface area contributed by atoms with Crippen molar-refractivity contribution in [3.05, 3.63) is 35.5 Å². The van der Waals surface area contributed by atoms with Crippen LogP contribution in [0.4, 0.5) is 4.79 Å². The van der Waals surface area contributed by atoms with Crippen LogP contribution in [0.3, 0.4) is 0 Å². The Morgan fingerprint density at radius 1 is 1.36 bits per heavy atom. The van der Waals surface area contributed by atoms with Crippen LogP contribution >= 0.6 is 0 Å². The lowest BCUT2D eigenvalue weighted by atomic mass is 9.84. The van der Waals surface area contributed by atoms with Crippen LogP contribution in [0.15, 0.2) is 24.4 Å². The number of amides is 1. The van der Waals surface area contributed by atoms with Crippen molar-refractivity contribution in [3.63, 3.8) is 0 Å². The highest BCUT2D eigenvalue weighted by atomic mass is 16.5. The molecule has 0 aliphatic rings. The van der Waals surface area contributed by atoms with Crippen molar-refractivity contribution in [2.45, 2.75) is 45.6 Å². The van der Waals surface area contributed by atoms with Gasteiger partial charge in [-0.3, -0.25) is 0 Å². The molecule has 1 heterocycles. The van der Waals surface area contributed by atoms with Gasteiger partial charge in [-0.15, -0.1) is 0 Å². The maximum Gasteiger partial charge on any atom is 0.405 e. The molecule has 2 aromatic rings. The van der Waals surface area contributed by atoms with Gasteiger partial charge in [-0.1, -0.05) is 19.9 Å². The van der Waals surface area contributed by atoms with Crippen molar-refractivity contribution in [2.24, 2.45) is 18.9 Å². The first-order valence-corrected chi connectivity index (χ1v) is 9.86. The van der Waals surface area contributed by atoms with Crippen LogP contribution in [0.2, 0.25) is 0 Å². The van der Waals surface area contributed by atoms with Gasteiger partial charge in [0.1, 0.15) is 6.29 Å². The van der Waals surface area contributed by atoms with Crippen LogP contribution in [0.1, 0.15) is 37.8 Å². The van der Waals surface area contributed by atoms with Crippen LogP contribution in [0.5, 0.6) is 0 Å². The number of aromatic nitrogens is 1. The molecule has 2 unspecified atom stereocenters. The summed E-state index contributed by atoms with van der Waals surface area (Å²) in [7, 11) is 3.78. The lowest BCUT2D eigenvalue weighted by Gasteiger charge is -2.24. The summed E-state index contributed by atoms with van der Waals surface area (Å²) in [5.41, 5.74) is 3.73. The first-order chi connectivity index (χ1) is 13.3. The number of carbonyl (C=O) groups is 2. The Labute approximate surface area is 166 Å². The number of ether oxygens (including phenoxy) is 1. The predicted octanol–water partition coefficient (Wildman–Crippen LogP) is 3.80. The Balaban J connectivity index is 2.21. The zero-order valence-corrected chi connectivity index (χ0v) is 17.3. The lowest BCUT2D eigenvalue weighted by molar-refractivity contribution is -0.109. The number of carbonyl (C=O) groups excluding carboxylic acids is 1. The van der Waals surface area contributed by atoms with E-state index >= 15 is 0 Å². The molecule has 0 spiro atoms. The van der Waals surface area contributed by atoms with Crippen LogP contribution < -0.4 is 5.32 Å². The molecule has 0 radical (unpaired) electrons. The number of fused-ring (bicyclic) bond motifs is 1. The molecule has 6 nitrogen and oxygen atoms in total. The van der Waals surface area contributed by atoms with Crippen molar-refractivity contribution in [3.8, 4) is 0 Å². The molecular weight excluding hydrogens is 356 g/mol. The maximum atomic E-state index is 11.3. The van der Waals surface area contributed by atoms with Crippen LogP contribution in [-0.4, -0.2) is 41.8 Å². The maximum absolute atomic E-state index is 11.3. The Hall–Kier alpha value is -2.34. The van der Waals surface area contributed by atoms with Crippen LogP contribution in [-0.2, 0) is 29.4 Å². The Morgan fingerprint density at radius 3 is 2.71 bits per heavy atom. The first-order valence-electron chi connectivity index (χ1n) is 9.86. The summed E-state index contributed by atoms with van der Waals surface area (Å²) in [6, 6.07) is 5.86. The van der Waals surface area contributed by atoms with E-state index in [0.717, 1.165) is 25.9 Å². The molecule has 0 saturated carbocycles. The topological polar surface area (TPSA) is 80.6 Å². The minimum absolute atomic E-state index is 0.208. The third-order valence-corrected chi connectivity index (χ3v) is 5.40. The molecule has 0 bridgehead atoms. The summed E-state index contributed by atoms with van der Waals surface area (Å²) < 4.78 is 7.33. The quantitative estimate of drug-likeness (QED) is 0.453. The second kappa shape index (κ2) is 10.3. The van der Waals surface area contributed by atoms with E-state index in [9.17, 15) is 9.59 Å². The van der Waals surface area contributed by atoms with E-state index in [2.05, 4.69) is 55.2 Å². The summed E-state index contributed by atoms with van der Waals surface area (Å²) >= 11 is 0. The summed E-state index contributed by atoms with van der Waals surface area (Å²) in [6.45, 7) is 4.98. The molecule has 28 heavy (non-hydrogen) atoms. The van der Waals surface area contributed by atoms with E-state index in [1.165, 1.54) is 22.0 Å². The molecule has 154 valence electrons. The van der Waals surface area contributed by atoms with Crippen molar-refractivity contribution in [1.29, 1.82) is 0 Å². The third-order valence-electron chi connectivity index (χ3n) is 5.40. The first kappa shape index (κ1) is 22.0. The number of aldehydes is 1. The Morgan fingerprint density at radius 2 is 2.11 bits per heavy atom. The van der Waals surface area contributed by atoms with Crippen molar-refractivity contribution in [1.82, 2.24) is 9.88 Å². The second-order valence-electron chi connectivity index (χ2n) is 7.85. The number of hydrogen-bond acceptors (Lipinski definition) is 3. The second-order valence-corrected chi connectivity index (χ2v) is 7.85. The minimum Gasteiger partial charge on any atom is -0.465 e. The molecule has 0 saturated heterocycles. The fourth-order valence-electron chi connectivity index (χ4n) is 3.78. The normalized spacial score (nSPS) is 13.6. The zero-order valence-electron chi connectivity index (χ0n) is 17.3. The molecule has 0 aliphatic carbocycles. The standard InChI is InChI=1S/C22H32N2O4/c1-15(2)18(12-19(14-25)23-22(26)27)10-16-7-8-21-20(11-16)17(13-24(21)3)6-5-9-28-4/h7-8,11,13-15,18-19,23H,5-6,9-10,12H2,1-4H3,(H,26,27). The molecule has 0 fully saturated rings. The smallest absolute Gasteiger partial charge is 0.405 e. The fraction of sp³-hybridized carbons (Fsp3) is 0.545. The highest BCUT2D eigenvalue weighted by molar-refractivity contribution is 5.84. The van der Waals surface area contributed by atoms with E-state index in [1.54, 1.807) is 7.11 Å². The number of carboxylic acid groups (broad SMARTS) is 1. The molecular formula is C22H32N2O4. The number of hydrogen-bond donors (Lipinski definition) is 2. The Bertz CT molecular complexity index is 797. The predicted molar refractivity (Wildman–Crippen MR) is 111 cm³/mol. The van der Waals surface area contributed by atoms with Crippen molar-refractivity contribution < 1.29 is 19.4 Å². The van der Waals surface area contributed by atoms with Gasteiger partial charge in [0.15, 0.2) is 0 Å². The fourth-order valence-corrected chi connectivity index (χ4v) is 3.78. The average Bonchev–Trinajstić information content (AvgIpc) is 2.95. The lowest BCUT2D eigenvalue weighted by Crippen LogP contribution is -2.37. The Kier molecular flexibility index (Phi) is 8.05. The molecule has 6 heteroatoms. The largest absolute Gasteiger partial charge is 0.465 e. The SMILES string of the molecule is COCCCc1cn(C)c2ccc(CC(CC(C=O)NC(=O)O)C(C)C)cc12.